The van der Waals surface area contributed by atoms with Crippen LogP contribution in [0.1, 0.15) is 12.7 Å². The van der Waals surface area contributed by atoms with E-state index >= 15 is 0 Å². The molecule has 0 aliphatic heterocycles. The van der Waals surface area contributed by atoms with Crippen molar-refractivity contribution in [2.75, 3.05) is 12.4 Å². The zero-order chi connectivity index (χ0) is 13.8. The Labute approximate surface area is 121 Å². The summed E-state index contributed by atoms with van der Waals surface area (Å²) in [6.07, 6.45) is 0.710. The van der Waals surface area contributed by atoms with Gasteiger partial charge in [0.25, 0.3) is 0 Å². The lowest BCUT2D eigenvalue weighted by Gasteiger charge is -2.11. The summed E-state index contributed by atoms with van der Waals surface area (Å²) < 4.78 is 5.26. The molecule has 2 aromatic rings. The Kier molecular flexibility index (Phi) is 4.45. The second-order valence-electron chi connectivity index (χ2n) is 3.82. The van der Waals surface area contributed by atoms with Gasteiger partial charge in [-0.2, -0.15) is 0 Å². The minimum absolute atomic E-state index is 0.398. The maximum absolute atomic E-state index is 5.98. The van der Waals surface area contributed by atoms with Crippen LogP contribution in [0.3, 0.4) is 0 Å². The van der Waals surface area contributed by atoms with Crippen LogP contribution in [0.2, 0.25) is 10.2 Å². The first-order valence-corrected chi connectivity index (χ1v) is 6.52. The summed E-state index contributed by atoms with van der Waals surface area (Å²) in [6.45, 7) is 1.97. The Bertz CT molecular complexity index is 590. The molecule has 0 aliphatic carbocycles. The van der Waals surface area contributed by atoms with E-state index in [0.717, 1.165) is 5.69 Å². The number of anilines is 2. The SMILES string of the molecule is CCc1nc(Cl)cc(Nc2cc(Cl)ccc2OC)n1. The molecule has 0 bridgehead atoms. The second-order valence-corrected chi connectivity index (χ2v) is 4.64. The van der Waals surface area contributed by atoms with Gasteiger partial charge in [-0.3, -0.25) is 0 Å². The molecular weight excluding hydrogens is 285 g/mol. The first-order valence-electron chi connectivity index (χ1n) is 5.76. The molecule has 6 heteroatoms. The normalized spacial score (nSPS) is 10.3. The van der Waals surface area contributed by atoms with Gasteiger partial charge in [0.1, 0.15) is 22.5 Å². The van der Waals surface area contributed by atoms with Gasteiger partial charge in [0.05, 0.1) is 12.8 Å². The summed E-state index contributed by atoms with van der Waals surface area (Å²) in [5.41, 5.74) is 0.729. The number of rotatable bonds is 4. The van der Waals surface area contributed by atoms with Crippen molar-refractivity contribution in [3.8, 4) is 5.75 Å². The Morgan fingerprint density at radius 3 is 2.68 bits per heavy atom. The van der Waals surface area contributed by atoms with Crippen LogP contribution in [0.15, 0.2) is 24.3 Å². The summed E-state index contributed by atoms with van der Waals surface area (Å²) >= 11 is 11.9. The van der Waals surface area contributed by atoms with E-state index in [0.29, 0.717) is 34.0 Å². The Morgan fingerprint density at radius 1 is 1.21 bits per heavy atom. The number of hydrogen-bond donors (Lipinski definition) is 1. The van der Waals surface area contributed by atoms with Crippen LogP contribution in [0, 0.1) is 0 Å². The average Bonchev–Trinajstić information content (AvgIpc) is 2.38. The van der Waals surface area contributed by atoms with Crippen LogP contribution in [0.4, 0.5) is 11.5 Å². The molecule has 0 fully saturated rings. The van der Waals surface area contributed by atoms with Gasteiger partial charge in [0.15, 0.2) is 0 Å². The fraction of sp³-hybridized carbons (Fsp3) is 0.231. The van der Waals surface area contributed by atoms with Crippen LogP contribution >= 0.6 is 23.2 Å². The molecule has 1 N–H and O–H groups in total. The highest BCUT2D eigenvalue weighted by Crippen LogP contribution is 2.30. The highest BCUT2D eigenvalue weighted by atomic mass is 35.5. The highest BCUT2D eigenvalue weighted by molar-refractivity contribution is 6.31. The molecular formula is C13H13Cl2N3O. The highest BCUT2D eigenvalue weighted by Gasteiger charge is 2.07. The number of benzene rings is 1. The van der Waals surface area contributed by atoms with Crippen molar-refractivity contribution in [3.05, 3.63) is 40.3 Å². The average molecular weight is 298 g/mol. The van der Waals surface area contributed by atoms with Gasteiger partial charge >= 0.3 is 0 Å². The van der Waals surface area contributed by atoms with Crippen molar-refractivity contribution in [2.24, 2.45) is 0 Å². The molecule has 2 rings (SSSR count). The first-order chi connectivity index (χ1) is 9.12. The third-order valence-corrected chi connectivity index (χ3v) is 2.91. The molecule has 0 saturated carbocycles. The smallest absolute Gasteiger partial charge is 0.142 e. The summed E-state index contributed by atoms with van der Waals surface area (Å²) in [5.74, 6) is 1.96. The largest absolute Gasteiger partial charge is 0.495 e. The lowest BCUT2D eigenvalue weighted by atomic mass is 10.3. The van der Waals surface area contributed by atoms with E-state index < -0.39 is 0 Å². The van der Waals surface area contributed by atoms with Gasteiger partial charge in [-0.15, -0.1) is 0 Å². The van der Waals surface area contributed by atoms with Crippen LogP contribution < -0.4 is 10.1 Å². The zero-order valence-electron chi connectivity index (χ0n) is 10.6. The van der Waals surface area contributed by atoms with Crippen molar-refractivity contribution < 1.29 is 4.74 Å². The van der Waals surface area contributed by atoms with Crippen LogP contribution in [-0.4, -0.2) is 17.1 Å². The zero-order valence-corrected chi connectivity index (χ0v) is 12.1. The lowest BCUT2D eigenvalue weighted by molar-refractivity contribution is 0.417. The molecule has 1 heterocycles. The minimum atomic E-state index is 0.398. The van der Waals surface area contributed by atoms with E-state index in [1.807, 2.05) is 6.92 Å². The van der Waals surface area contributed by atoms with E-state index in [9.17, 15) is 0 Å². The fourth-order valence-corrected chi connectivity index (χ4v) is 1.98. The third kappa shape index (κ3) is 3.49. The van der Waals surface area contributed by atoms with Gasteiger partial charge in [-0.05, 0) is 18.2 Å². The number of nitrogens with zero attached hydrogens (tertiary/aromatic N) is 2. The molecule has 0 spiro atoms. The first kappa shape index (κ1) is 13.9. The molecule has 0 unspecified atom stereocenters. The molecule has 0 saturated heterocycles. The van der Waals surface area contributed by atoms with E-state index in [4.69, 9.17) is 27.9 Å². The standard InChI is InChI=1S/C13H13Cl2N3O/c1-3-12-17-11(15)7-13(18-12)16-9-6-8(14)4-5-10(9)19-2/h4-7H,3H2,1-2H3,(H,16,17,18). The van der Waals surface area contributed by atoms with Gasteiger partial charge in [-0.25, -0.2) is 9.97 Å². The molecule has 0 amide bonds. The number of aromatic nitrogens is 2. The predicted molar refractivity (Wildman–Crippen MR) is 77.7 cm³/mol. The van der Waals surface area contributed by atoms with Crippen LogP contribution in [0.25, 0.3) is 0 Å². The molecule has 19 heavy (non-hydrogen) atoms. The Balaban J connectivity index is 2.35. The van der Waals surface area contributed by atoms with Gasteiger partial charge in [-0.1, -0.05) is 30.1 Å². The molecule has 1 aromatic carbocycles. The summed E-state index contributed by atoms with van der Waals surface area (Å²) in [7, 11) is 1.60. The maximum Gasteiger partial charge on any atom is 0.142 e. The third-order valence-electron chi connectivity index (χ3n) is 2.48. The van der Waals surface area contributed by atoms with Gasteiger partial charge in [0.2, 0.25) is 0 Å². The van der Waals surface area contributed by atoms with E-state index in [1.54, 1.807) is 31.4 Å². The Morgan fingerprint density at radius 2 is 2.00 bits per heavy atom. The molecule has 0 radical (unpaired) electrons. The number of methoxy groups -OCH3 is 1. The quantitative estimate of drug-likeness (QED) is 0.863. The van der Waals surface area contributed by atoms with E-state index in [-0.39, 0.29) is 0 Å². The van der Waals surface area contributed by atoms with Gasteiger partial charge in [0, 0.05) is 17.5 Å². The molecule has 100 valence electrons. The second kappa shape index (κ2) is 6.08. The van der Waals surface area contributed by atoms with Crippen LogP contribution in [-0.2, 0) is 6.42 Å². The summed E-state index contributed by atoms with van der Waals surface area (Å²) in [5, 5.41) is 4.14. The van der Waals surface area contributed by atoms with E-state index in [2.05, 4.69) is 15.3 Å². The van der Waals surface area contributed by atoms with Crippen molar-refractivity contribution >= 4 is 34.7 Å². The van der Waals surface area contributed by atoms with Gasteiger partial charge < -0.3 is 10.1 Å². The van der Waals surface area contributed by atoms with Crippen molar-refractivity contribution in [3.63, 3.8) is 0 Å². The van der Waals surface area contributed by atoms with Crippen LogP contribution in [0.5, 0.6) is 5.75 Å². The number of ether oxygens (including phenoxy) is 1. The van der Waals surface area contributed by atoms with Crippen molar-refractivity contribution in [1.29, 1.82) is 0 Å². The molecule has 0 atom stereocenters. The summed E-state index contributed by atoms with van der Waals surface area (Å²) in [4.78, 5) is 8.46. The molecule has 1 aromatic heterocycles. The monoisotopic (exact) mass is 297 g/mol. The maximum atomic E-state index is 5.98. The predicted octanol–water partition coefficient (Wildman–Crippen LogP) is 4.10. The minimum Gasteiger partial charge on any atom is -0.495 e. The van der Waals surface area contributed by atoms with Crippen molar-refractivity contribution in [1.82, 2.24) is 9.97 Å². The topological polar surface area (TPSA) is 47.0 Å². The van der Waals surface area contributed by atoms with E-state index in [1.165, 1.54) is 0 Å². The lowest BCUT2D eigenvalue weighted by Crippen LogP contribution is -2.01. The fourth-order valence-electron chi connectivity index (χ4n) is 1.60. The number of halogens is 2. The molecule has 4 nitrogen and oxygen atoms in total. The van der Waals surface area contributed by atoms with Crippen molar-refractivity contribution in [2.45, 2.75) is 13.3 Å². The summed E-state index contributed by atoms with van der Waals surface area (Å²) in [6, 6.07) is 6.97. The Hall–Kier alpha value is -1.52. The number of aryl methyl sites for hydroxylation is 1. The number of nitrogens with one attached hydrogen (secondary N) is 1. The number of hydrogen-bond acceptors (Lipinski definition) is 4. The molecule has 0 aliphatic rings.